The summed E-state index contributed by atoms with van der Waals surface area (Å²) in [5.74, 6) is -1.05. The van der Waals surface area contributed by atoms with Gasteiger partial charge in [0.1, 0.15) is 6.17 Å². The molecule has 0 saturated carbocycles. The molecule has 2 aromatic rings. The number of ether oxygens (including phenoxy) is 1. The molecule has 24 heavy (non-hydrogen) atoms. The Balaban J connectivity index is 1.97. The van der Waals surface area contributed by atoms with Crippen molar-refractivity contribution in [2.24, 2.45) is 0 Å². The van der Waals surface area contributed by atoms with Crippen LogP contribution in [0.1, 0.15) is 32.4 Å². The van der Waals surface area contributed by atoms with Crippen LogP contribution in [-0.2, 0) is 4.74 Å². The molecular weight excluding hydrogens is 308 g/mol. The van der Waals surface area contributed by atoms with E-state index in [1.54, 1.807) is 42.3 Å². The van der Waals surface area contributed by atoms with E-state index in [9.17, 15) is 9.59 Å². The molecule has 0 aliphatic carbocycles. The highest BCUT2D eigenvalue weighted by molar-refractivity contribution is 6.01. The van der Waals surface area contributed by atoms with Crippen molar-refractivity contribution in [3.8, 4) is 0 Å². The van der Waals surface area contributed by atoms with E-state index in [4.69, 9.17) is 9.84 Å². The van der Waals surface area contributed by atoms with Crippen LogP contribution in [0.15, 0.2) is 48.5 Å². The topological polar surface area (TPSA) is 78.9 Å². The monoisotopic (exact) mass is 326 g/mol. The van der Waals surface area contributed by atoms with Gasteiger partial charge in [-0.3, -0.25) is 4.79 Å². The number of hydrogen-bond donors (Lipinski definition) is 2. The summed E-state index contributed by atoms with van der Waals surface area (Å²) in [6.07, 6.45) is -0.370. The minimum atomic E-state index is -0.976. The van der Waals surface area contributed by atoms with Gasteiger partial charge in [0.25, 0.3) is 5.91 Å². The van der Waals surface area contributed by atoms with Crippen molar-refractivity contribution in [2.45, 2.75) is 6.17 Å². The molecule has 6 nitrogen and oxygen atoms in total. The molecule has 1 aliphatic rings. The van der Waals surface area contributed by atoms with Gasteiger partial charge in [-0.15, -0.1) is 0 Å². The average molecular weight is 326 g/mol. The maximum Gasteiger partial charge on any atom is 0.335 e. The zero-order valence-corrected chi connectivity index (χ0v) is 13.2. The first kappa shape index (κ1) is 16.0. The molecule has 1 aliphatic heterocycles. The van der Waals surface area contributed by atoms with E-state index in [1.807, 2.05) is 18.2 Å². The van der Waals surface area contributed by atoms with E-state index < -0.39 is 5.97 Å². The predicted molar refractivity (Wildman–Crippen MR) is 89.1 cm³/mol. The van der Waals surface area contributed by atoms with Crippen LogP contribution in [0.25, 0.3) is 0 Å². The third-order valence-corrected chi connectivity index (χ3v) is 4.03. The second-order valence-corrected chi connectivity index (χ2v) is 5.51. The number of anilines is 1. The summed E-state index contributed by atoms with van der Waals surface area (Å²) in [7, 11) is 1.59. The molecule has 0 saturated heterocycles. The summed E-state index contributed by atoms with van der Waals surface area (Å²) in [6, 6.07) is 13.9. The molecule has 0 spiro atoms. The Labute approximate surface area is 139 Å². The van der Waals surface area contributed by atoms with Gasteiger partial charge in [-0.2, -0.15) is 0 Å². The summed E-state index contributed by atoms with van der Waals surface area (Å²) in [5, 5.41) is 12.4. The lowest BCUT2D eigenvalue weighted by molar-refractivity contribution is 0.0608. The standard InChI is InChI=1S/C18H18N2O4/c1-24-11-10-20-16(12-6-8-13(9-7-12)18(22)23)19-15-5-3-2-4-14(15)17(20)21/h2-9,16,19H,10-11H2,1H3,(H,22,23). The number of rotatable bonds is 5. The molecule has 124 valence electrons. The molecule has 6 heteroatoms. The van der Waals surface area contributed by atoms with Crippen molar-refractivity contribution in [3.05, 3.63) is 65.2 Å². The largest absolute Gasteiger partial charge is 0.478 e. The number of nitrogens with one attached hydrogen (secondary N) is 1. The van der Waals surface area contributed by atoms with Gasteiger partial charge in [0.05, 0.1) is 17.7 Å². The highest BCUT2D eigenvalue weighted by atomic mass is 16.5. The van der Waals surface area contributed by atoms with Gasteiger partial charge in [0, 0.05) is 19.3 Å². The van der Waals surface area contributed by atoms with Gasteiger partial charge in [0.15, 0.2) is 0 Å². The molecule has 2 N–H and O–H groups in total. The molecular formula is C18H18N2O4. The second kappa shape index (κ2) is 6.72. The van der Waals surface area contributed by atoms with E-state index in [-0.39, 0.29) is 17.6 Å². The van der Waals surface area contributed by atoms with Gasteiger partial charge in [-0.25, -0.2) is 4.79 Å². The third kappa shape index (κ3) is 2.96. The van der Waals surface area contributed by atoms with E-state index in [0.717, 1.165) is 11.3 Å². The Kier molecular flexibility index (Phi) is 4.48. The first-order chi connectivity index (χ1) is 11.6. The van der Waals surface area contributed by atoms with Crippen molar-refractivity contribution in [3.63, 3.8) is 0 Å². The molecule has 0 fully saturated rings. The molecule has 2 aromatic carbocycles. The van der Waals surface area contributed by atoms with Gasteiger partial charge in [0.2, 0.25) is 0 Å². The minimum Gasteiger partial charge on any atom is -0.478 e. The number of carbonyl (C=O) groups is 2. The number of fused-ring (bicyclic) bond motifs is 1. The summed E-state index contributed by atoms with van der Waals surface area (Å²) >= 11 is 0. The normalized spacial score (nSPS) is 16.5. The summed E-state index contributed by atoms with van der Waals surface area (Å²) in [5.41, 5.74) is 2.42. The quantitative estimate of drug-likeness (QED) is 0.883. The predicted octanol–water partition coefficient (Wildman–Crippen LogP) is 2.60. The van der Waals surface area contributed by atoms with Crippen molar-refractivity contribution in [1.29, 1.82) is 0 Å². The lowest BCUT2D eigenvalue weighted by atomic mass is 10.0. The van der Waals surface area contributed by atoms with Gasteiger partial charge < -0.3 is 20.1 Å². The number of amides is 1. The van der Waals surface area contributed by atoms with Crippen LogP contribution in [0.3, 0.4) is 0 Å². The fourth-order valence-electron chi connectivity index (χ4n) is 2.78. The SMILES string of the molecule is COCCN1C(=O)c2ccccc2NC1c1ccc(C(=O)O)cc1. The summed E-state index contributed by atoms with van der Waals surface area (Å²) < 4.78 is 5.12. The number of methoxy groups -OCH3 is 1. The zero-order chi connectivity index (χ0) is 17.1. The zero-order valence-electron chi connectivity index (χ0n) is 13.2. The van der Waals surface area contributed by atoms with Crippen LogP contribution in [0.2, 0.25) is 0 Å². The number of para-hydroxylation sites is 1. The minimum absolute atomic E-state index is 0.0753. The van der Waals surface area contributed by atoms with Crippen molar-refractivity contribution in [1.82, 2.24) is 4.90 Å². The number of hydrogen-bond acceptors (Lipinski definition) is 4. The number of carboxylic acid groups (broad SMARTS) is 1. The molecule has 0 bridgehead atoms. The average Bonchev–Trinajstić information content (AvgIpc) is 2.61. The molecule has 3 rings (SSSR count). The van der Waals surface area contributed by atoms with Crippen LogP contribution in [-0.4, -0.2) is 42.1 Å². The van der Waals surface area contributed by atoms with Gasteiger partial charge in [-0.1, -0.05) is 24.3 Å². The smallest absolute Gasteiger partial charge is 0.335 e. The second-order valence-electron chi connectivity index (χ2n) is 5.51. The van der Waals surface area contributed by atoms with Crippen molar-refractivity contribution < 1.29 is 19.4 Å². The van der Waals surface area contributed by atoms with Crippen LogP contribution in [0, 0.1) is 0 Å². The van der Waals surface area contributed by atoms with Crippen LogP contribution >= 0.6 is 0 Å². The molecule has 0 radical (unpaired) electrons. The molecule has 1 unspecified atom stereocenters. The van der Waals surface area contributed by atoms with Gasteiger partial charge >= 0.3 is 5.97 Å². The highest BCUT2D eigenvalue weighted by Gasteiger charge is 2.32. The number of aromatic carboxylic acids is 1. The van der Waals surface area contributed by atoms with E-state index in [1.165, 1.54) is 0 Å². The molecule has 1 atom stereocenters. The fourth-order valence-corrected chi connectivity index (χ4v) is 2.78. The Hall–Kier alpha value is -2.86. The highest BCUT2D eigenvalue weighted by Crippen LogP contribution is 2.32. The van der Waals surface area contributed by atoms with Crippen molar-refractivity contribution >= 4 is 17.6 Å². The van der Waals surface area contributed by atoms with Crippen LogP contribution in [0.4, 0.5) is 5.69 Å². The fraction of sp³-hybridized carbons (Fsp3) is 0.222. The van der Waals surface area contributed by atoms with E-state index >= 15 is 0 Å². The van der Waals surface area contributed by atoms with Gasteiger partial charge in [-0.05, 0) is 29.8 Å². The Morgan fingerprint density at radius 2 is 1.92 bits per heavy atom. The molecule has 0 aromatic heterocycles. The number of carbonyl (C=O) groups excluding carboxylic acids is 1. The van der Waals surface area contributed by atoms with E-state index in [2.05, 4.69) is 5.32 Å². The molecule has 1 heterocycles. The van der Waals surface area contributed by atoms with Crippen LogP contribution < -0.4 is 5.32 Å². The van der Waals surface area contributed by atoms with Crippen molar-refractivity contribution in [2.75, 3.05) is 25.6 Å². The number of carboxylic acids is 1. The maximum absolute atomic E-state index is 12.8. The molecule has 1 amide bonds. The van der Waals surface area contributed by atoms with Crippen LogP contribution in [0.5, 0.6) is 0 Å². The Morgan fingerprint density at radius 1 is 1.21 bits per heavy atom. The summed E-state index contributed by atoms with van der Waals surface area (Å²) in [4.78, 5) is 25.5. The Morgan fingerprint density at radius 3 is 2.58 bits per heavy atom. The maximum atomic E-state index is 12.8. The lowest BCUT2D eigenvalue weighted by Crippen LogP contribution is -2.44. The summed E-state index contributed by atoms with van der Waals surface area (Å²) in [6.45, 7) is 0.849. The number of benzene rings is 2. The first-order valence-corrected chi connectivity index (χ1v) is 7.60. The third-order valence-electron chi connectivity index (χ3n) is 4.03. The number of nitrogens with zero attached hydrogens (tertiary/aromatic N) is 1. The first-order valence-electron chi connectivity index (χ1n) is 7.60. The van der Waals surface area contributed by atoms with E-state index in [0.29, 0.717) is 18.7 Å². The lowest BCUT2D eigenvalue weighted by Gasteiger charge is -2.38. The Bertz CT molecular complexity index is 758.